The first kappa shape index (κ1) is 12.2. The Balaban J connectivity index is 1.96. The van der Waals surface area contributed by atoms with Gasteiger partial charge in [0.05, 0.1) is 5.92 Å². The monoisotopic (exact) mass is 241 g/mol. The van der Waals surface area contributed by atoms with E-state index in [4.69, 9.17) is 10.8 Å². The number of amides is 2. The normalized spacial score (nSPS) is 33.2. The lowest BCUT2D eigenvalue weighted by molar-refractivity contribution is -0.142. The molecule has 3 N–H and O–H groups in total. The number of rotatable bonds is 1. The Bertz CT molecular complexity index is 334. The zero-order valence-corrected chi connectivity index (χ0v) is 10.0. The molecule has 1 unspecified atom stereocenters. The number of hydrogen-bond donors (Lipinski definition) is 2. The van der Waals surface area contributed by atoms with Crippen molar-refractivity contribution in [1.29, 1.82) is 0 Å². The summed E-state index contributed by atoms with van der Waals surface area (Å²) in [7, 11) is 0. The molecule has 2 saturated heterocycles. The molecular formula is C11H19N3O3. The standard InChI is InChI=1S/C11H19N3O3/c1-7-4-14(6-9(7)10(15)16)11(17)13-3-2-8(12)5-13/h7-9H,2-6,12H2,1H3,(H,15,16)/t7-,8?,9-/m1/s1. The average Bonchev–Trinajstić information content (AvgIpc) is 2.83. The van der Waals surface area contributed by atoms with Gasteiger partial charge in [0.25, 0.3) is 0 Å². The van der Waals surface area contributed by atoms with E-state index >= 15 is 0 Å². The first-order valence-corrected chi connectivity index (χ1v) is 6.01. The van der Waals surface area contributed by atoms with Crippen molar-refractivity contribution < 1.29 is 14.7 Å². The largest absolute Gasteiger partial charge is 0.481 e. The van der Waals surface area contributed by atoms with Crippen LogP contribution in [0.25, 0.3) is 0 Å². The summed E-state index contributed by atoms with van der Waals surface area (Å²) in [5.74, 6) is -1.23. The van der Waals surface area contributed by atoms with E-state index in [2.05, 4.69) is 0 Å². The van der Waals surface area contributed by atoms with Gasteiger partial charge in [0.15, 0.2) is 0 Å². The minimum absolute atomic E-state index is 0.0210. The first-order chi connectivity index (χ1) is 7.99. The lowest BCUT2D eigenvalue weighted by Crippen LogP contribution is -2.42. The average molecular weight is 241 g/mol. The molecule has 2 aliphatic rings. The second kappa shape index (κ2) is 4.52. The smallest absolute Gasteiger partial charge is 0.320 e. The molecule has 0 aromatic rings. The van der Waals surface area contributed by atoms with Gasteiger partial charge in [-0.1, -0.05) is 6.92 Å². The molecule has 0 radical (unpaired) electrons. The van der Waals surface area contributed by atoms with Crippen molar-refractivity contribution in [2.75, 3.05) is 26.2 Å². The Morgan fingerprint density at radius 1 is 1.24 bits per heavy atom. The molecule has 3 atom stereocenters. The topological polar surface area (TPSA) is 86.9 Å². The van der Waals surface area contributed by atoms with Crippen LogP contribution in [0.2, 0.25) is 0 Å². The van der Waals surface area contributed by atoms with Gasteiger partial charge in [-0.3, -0.25) is 4.79 Å². The predicted molar refractivity (Wildman–Crippen MR) is 61.4 cm³/mol. The molecule has 2 aliphatic heterocycles. The van der Waals surface area contributed by atoms with E-state index in [0.717, 1.165) is 6.42 Å². The predicted octanol–water partition coefficient (Wildman–Crippen LogP) is -0.208. The quantitative estimate of drug-likeness (QED) is 0.665. The van der Waals surface area contributed by atoms with E-state index < -0.39 is 11.9 Å². The van der Waals surface area contributed by atoms with Crippen LogP contribution in [0.3, 0.4) is 0 Å². The zero-order chi connectivity index (χ0) is 12.6. The SMILES string of the molecule is C[C@@H]1CN(C(=O)N2CCC(N)C2)C[C@H]1C(=O)O. The number of carbonyl (C=O) groups excluding carboxylic acids is 1. The molecule has 0 spiro atoms. The van der Waals surface area contributed by atoms with Gasteiger partial charge in [-0.15, -0.1) is 0 Å². The summed E-state index contributed by atoms with van der Waals surface area (Å²) in [5, 5.41) is 9.02. The van der Waals surface area contributed by atoms with Crippen molar-refractivity contribution in [1.82, 2.24) is 9.80 Å². The van der Waals surface area contributed by atoms with Crippen LogP contribution in [0.5, 0.6) is 0 Å². The maximum absolute atomic E-state index is 12.1. The van der Waals surface area contributed by atoms with Crippen molar-refractivity contribution in [3.63, 3.8) is 0 Å². The molecule has 96 valence electrons. The fraction of sp³-hybridized carbons (Fsp3) is 0.818. The van der Waals surface area contributed by atoms with Crippen molar-refractivity contribution in [3.05, 3.63) is 0 Å². The number of likely N-dealkylation sites (tertiary alicyclic amines) is 2. The Labute approximate surface area is 100 Å². The van der Waals surface area contributed by atoms with Crippen molar-refractivity contribution in [3.8, 4) is 0 Å². The summed E-state index contributed by atoms with van der Waals surface area (Å²) >= 11 is 0. The number of carboxylic acid groups (broad SMARTS) is 1. The van der Waals surface area contributed by atoms with Crippen LogP contribution in [0.15, 0.2) is 0 Å². The van der Waals surface area contributed by atoms with Gasteiger partial charge >= 0.3 is 12.0 Å². The number of urea groups is 1. The second-order valence-corrected chi connectivity index (χ2v) is 5.10. The van der Waals surface area contributed by atoms with Gasteiger partial charge in [-0.05, 0) is 12.3 Å². The third kappa shape index (κ3) is 2.36. The summed E-state index contributed by atoms with van der Waals surface area (Å²) in [6, 6.07) is 0.00259. The van der Waals surface area contributed by atoms with Crippen LogP contribution < -0.4 is 5.73 Å². The molecule has 2 fully saturated rings. The Kier molecular flexibility index (Phi) is 3.24. The molecule has 0 aliphatic carbocycles. The summed E-state index contributed by atoms with van der Waals surface area (Å²) in [5.41, 5.74) is 5.76. The zero-order valence-electron chi connectivity index (χ0n) is 10.0. The van der Waals surface area contributed by atoms with Crippen LogP contribution in [-0.4, -0.2) is 59.1 Å². The van der Waals surface area contributed by atoms with Gasteiger partial charge in [0.2, 0.25) is 0 Å². The highest BCUT2D eigenvalue weighted by molar-refractivity contribution is 5.78. The van der Waals surface area contributed by atoms with E-state index in [1.54, 1.807) is 9.80 Å². The van der Waals surface area contributed by atoms with E-state index in [0.29, 0.717) is 26.2 Å². The number of nitrogens with zero attached hydrogens (tertiary/aromatic N) is 2. The van der Waals surface area contributed by atoms with E-state index in [1.807, 2.05) is 6.92 Å². The van der Waals surface area contributed by atoms with Gasteiger partial charge in [-0.25, -0.2) is 4.79 Å². The number of nitrogens with two attached hydrogens (primary N) is 1. The summed E-state index contributed by atoms with van der Waals surface area (Å²) in [6.45, 7) is 3.99. The molecule has 2 heterocycles. The highest BCUT2D eigenvalue weighted by Gasteiger charge is 2.39. The fourth-order valence-electron chi connectivity index (χ4n) is 2.61. The maximum Gasteiger partial charge on any atom is 0.320 e. The lowest BCUT2D eigenvalue weighted by Gasteiger charge is -2.24. The molecule has 0 saturated carbocycles. The Hall–Kier alpha value is -1.30. The number of carbonyl (C=O) groups is 2. The second-order valence-electron chi connectivity index (χ2n) is 5.10. The first-order valence-electron chi connectivity index (χ1n) is 6.01. The van der Waals surface area contributed by atoms with Gasteiger partial charge in [0, 0.05) is 32.2 Å². The van der Waals surface area contributed by atoms with Gasteiger partial charge in [-0.2, -0.15) is 0 Å². The molecule has 6 heteroatoms. The van der Waals surface area contributed by atoms with Crippen molar-refractivity contribution in [2.45, 2.75) is 19.4 Å². The third-order valence-corrected chi connectivity index (χ3v) is 3.70. The molecule has 17 heavy (non-hydrogen) atoms. The summed E-state index contributed by atoms with van der Waals surface area (Å²) < 4.78 is 0. The molecule has 2 rings (SSSR count). The van der Waals surface area contributed by atoms with E-state index in [1.165, 1.54) is 0 Å². The van der Waals surface area contributed by atoms with Crippen LogP contribution in [0, 0.1) is 11.8 Å². The molecular weight excluding hydrogens is 222 g/mol. The van der Waals surface area contributed by atoms with Crippen LogP contribution in [0.1, 0.15) is 13.3 Å². The minimum Gasteiger partial charge on any atom is -0.481 e. The Morgan fingerprint density at radius 2 is 1.94 bits per heavy atom. The molecule has 2 amide bonds. The third-order valence-electron chi connectivity index (χ3n) is 3.70. The molecule has 0 aromatic heterocycles. The fourth-order valence-corrected chi connectivity index (χ4v) is 2.61. The number of aliphatic carboxylic acids is 1. The highest BCUT2D eigenvalue weighted by Crippen LogP contribution is 2.24. The summed E-state index contributed by atoms with van der Waals surface area (Å²) in [6.07, 6.45) is 0.831. The van der Waals surface area contributed by atoms with Crippen LogP contribution in [-0.2, 0) is 4.79 Å². The van der Waals surface area contributed by atoms with Crippen molar-refractivity contribution in [2.24, 2.45) is 17.6 Å². The number of carboxylic acids is 1. The molecule has 0 bridgehead atoms. The van der Waals surface area contributed by atoms with Crippen LogP contribution in [0.4, 0.5) is 4.79 Å². The molecule has 6 nitrogen and oxygen atoms in total. The molecule has 0 aromatic carbocycles. The van der Waals surface area contributed by atoms with Gasteiger partial charge < -0.3 is 20.6 Å². The van der Waals surface area contributed by atoms with Gasteiger partial charge in [0.1, 0.15) is 0 Å². The van der Waals surface area contributed by atoms with Crippen LogP contribution >= 0.6 is 0 Å². The van der Waals surface area contributed by atoms with E-state index in [9.17, 15) is 9.59 Å². The van der Waals surface area contributed by atoms with E-state index in [-0.39, 0.29) is 18.0 Å². The minimum atomic E-state index is -0.814. The maximum atomic E-state index is 12.1. The summed E-state index contributed by atoms with van der Waals surface area (Å²) in [4.78, 5) is 26.5. The number of hydrogen-bond acceptors (Lipinski definition) is 3. The lowest BCUT2D eigenvalue weighted by atomic mass is 9.99. The Morgan fingerprint density at radius 3 is 2.41 bits per heavy atom. The highest BCUT2D eigenvalue weighted by atomic mass is 16.4. The van der Waals surface area contributed by atoms with Crippen molar-refractivity contribution >= 4 is 12.0 Å².